The molecule has 1 heterocycles. The van der Waals surface area contributed by atoms with Crippen LogP contribution in [0, 0.1) is 0 Å². The smallest absolute Gasteiger partial charge is 0.0433 e. The highest BCUT2D eigenvalue weighted by Gasteiger charge is 2.10. The van der Waals surface area contributed by atoms with Gasteiger partial charge >= 0.3 is 0 Å². The third kappa shape index (κ3) is 2.71. The van der Waals surface area contributed by atoms with Crippen LogP contribution in [0.15, 0.2) is 97.1 Å². The minimum Gasteiger partial charge on any atom is -0.135 e. The van der Waals surface area contributed by atoms with Gasteiger partial charge in [-0.2, -0.15) is 0 Å². The lowest BCUT2D eigenvalue weighted by Gasteiger charge is -2.07. The molecule has 26 heavy (non-hydrogen) atoms. The van der Waals surface area contributed by atoms with Crippen LogP contribution in [0.2, 0.25) is 0 Å². The Kier molecular flexibility index (Phi) is 3.30. The quantitative estimate of drug-likeness (QED) is 0.319. The van der Waals surface area contributed by atoms with Crippen LogP contribution in [0.4, 0.5) is 0 Å². The minimum absolute atomic E-state index is 0.673. The predicted molar refractivity (Wildman–Crippen MR) is 114 cm³/mol. The van der Waals surface area contributed by atoms with Crippen LogP contribution in [0.25, 0.3) is 31.3 Å². The van der Waals surface area contributed by atoms with Crippen LogP contribution in [0.3, 0.4) is 0 Å². The fourth-order valence-corrected chi connectivity index (χ4v) is 4.67. The van der Waals surface area contributed by atoms with Gasteiger partial charge in [0.1, 0.15) is 0 Å². The van der Waals surface area contributed by atoms with E-state index in [-0.39, 0.29) is 0 Å². The maximum Gasteiger partial charge on any atom is 0.0433 e. The van der Waals surface area contributed by atoms with Gasteiger partial charge in [-0.05, 0) is 34.7 Å². The Bertz CT molecular complexity index is 1290. The maximum atomic E-state index is 8.69. The van der Waals surface area contributed by atoms with Gasteiger partial charge in [0.2, 0.25) is 0 Å². The molecule has 0 radical (unpaired) electrons. The lowest BCUT2D eigenvalue weighted by atomic mass is 9.98. The molecule has 0 N–H and O–H groups in total. The normalized spacial score (nSPS) is 12.9. The summed E-state index contributed by atoms with van der Waals surface area (Å²) >= 11 is 1.80. The largest absolute Gasteiger partial charge is 0.135 e. The van der Waals surface area contributed by atoms with Gasteiger partial charge in [-0.15, -0.1) is 11.3 Å². The number of benzene rings is 4. The summed E-state index contributed by atoms with van der Waals surface area (Å²) in [7, 11) is 0. The molecule has 4 aromatic carbocycles. The highest BCUT2D eigenvalue weighted by Crippen LogP contribution is 2.39. The molecule has 0 amide bonds. The number of fused-ring (bicyclic) bond motifs is 3. The van der Waals surface area contributed by atoms with E-state index in [9.17, 15) is 0 Å². The third-order valence-corrected chi connectivity index (χ3v) is 5.86. The maximum absolute atomic E-state index is 8.69. The van der Waals surface area contributed by atoms with Crippen LogP contribution in [-0.4, -0.2) is 0 Å². The summed E-state index contributed by atoms with van der Waals surface area (Å²) in [5, 5.41) is 2.54. The second-order valence-electron chi connectivity index (χ2n) is 6.35. The number of hydrogen-bond acceptors (Lipinski definition) is 1. The van der Waals surface area contributed by atoms with Gasteiger partial charge in [-0.1, -0.05) is 91.0 Å². The van der Waals surface area contributed by atoms with E-state index < -0.39 is 6.37 Å². The van der Waals surface area contributed by atoms with Crippen molar-refractivity contribution in [2.24, 2.45) is 0 Å². The fraction of sp³-hybridized carbons (Fsp3) is 0.0400. The highest BCUT2D eigenvalue weighted by atomic mass is 32.1. The van der Waals surface area contributed by atoms with Crippen molar-refractivity contribution >= 4 is 31.5 Å². The van der Waals surface area contributed by atoms with E-state index in [0.717, 1.165) is 11.1 Å². The predicted octanol–water partition coefficient (Wildman–Crippen LogP) is 7.31. The topological polar surface area (TPSA) is 0 Å². The molecule has 0 bridgehead atoms. The number of rotatable bonds is 3. The Morgan fingerprint density at radius 2 is 1.38 bits per heavy atom. The molecule has 1 aromatic heterocycles. The van der Waals surface area contributed by atoms with E-state index in [1.165, 1.54) is 20.2 Å². The van der Waals surface area contributed by atoms with Gasteiger partial charge in [0, 0.05) is 22.9 Å². The average molecular weight is 352 g/mol. The molecular formula is C25H18S. The van der Waals surface area contributed by atoms with Crippen molar-refractivity contribution < 1.29 is 2.74 Å². The molecule has 0 aliphatic carbocycles. The second kappa shape index (κ2) is 6.44. The monoisotopic (exact) mass is 352 g/mol. The molecular weight excluding hydrogens is 332 g/mol. The standard InChI is InChI=1S/C25H18S/c1-2-8-18(9-3-1)16-19-10-6-11-20(17-19)21-13-7-14-23-22-12-4-5-15-24(22)26-25(21)23/h1-15,17H,16H2/i16D2. The summed E-state index contributed by atoms with van der Waals surface area (Å²) in [6.07, 6.45) is -1.54. The summed E-state index contributed by atoms with van der Waals surface area (Å²) in [5.74, 6) is 0. The van der Waals surface area contributed by atoms with Gasteiger partial charge in [-0.25, -0.2) is 0 Å². The molecule has 1 heteroatoms. The van der Waals surface area contributed by atoms with E-state index in [4.69, 9.17) is 2.74 Å². The minimum atomic E-state index is -1.54. The lowest BCUT2D eigenvalue weighted by Crippen LogP contribution is -1.88. The zero-order valence-corrected chi connectivity index (χ0v) is 15.0. The average Bonchev–Trinajstić information content (AvgIpc) is 3.13. The Morgan fingerprint density at radius 1 is 0.654 bits per heavy atom. The summed E-state index contributed by atoms with van der Waals surface area (Å²) in [5.41, 5.74) is 3.56. The summed E-state index contributed by atoms with van der Waals surface area (Å²) in [4.78, 5) is 0. The van der Waals surface area contributed by atoms with Crippen LogP contribution in [0.5, 0.6) is 0 Å². The Labute approximate surface area is 160 Å². The van der Waals surface area contributed by atoms with Crippen molar-refractivity contribution in [1.82, 2.24) is 0 Å². The molecule has 5 rings (SSSR count). The Balaban J connectivity index is 1.68. The molecule has 0 nitrogen and oxygen atoms in total. The van der Waals surface area contributed by atoms with Gasteiger partial charge in [-0.3, -0.25) is 0 Å². The van der Waals surface area contributed by atoms with Crippen LogP contribution < -0.4 is 0 Å². The first kappa shape index (κ1) is 13.3. The van der Waals surface area contributed by atoms with Crippen molar-refractivity contribution in [3.63, 3.8) is 0 Å². The zero-order chi connectivity index (χ0) is 19.1. The van der Waals surface area contributed by atoms with E-state index in [1.807, 2.05) is 48.5 Å². The van der Waals surface area contributed by atoms with Gasteiger partial charge < -0.3 is 0 Å². The first-order valence-electron chi connectivity index (χ1n) is 9.71. The van der Waals surface area contributed by atoms with Crippen molar-refractivity contribution in [3.8, 4) is 11.1 Å². The molecule has 0 atom stereocenters. The van der Waals surface area contributed by atoms with Crippen molar-refractivity contribution in [1.29, 1.82) is 0 Å². The lowest BCUT2D eigenvalue weighted by molar-refractivity contribution is 1.19. The summed E-state index contributed by atoms with van der Waals surface area (Å²) in [6, 6.07) is 32.2. The molecule has 0 fully saturated rings. The number of hydrogen-bond donors (Lipinski definition) is 0. The highest BCUT2D eigenvalue weighted by molar-refractivity contribution is 7.26. The second-order valence-corrected chi connectivity index (χ2v) is 7.40. The molecule has 0 unspecified atom stereocenters. The zero-order valence-electron chi connectivity index (χ0n) is 16.1. The van der Waals surface area contributed by atoms with Crippen molar-refractivity contribution in [2.45, 2.75) is 6.37 Å². The first-order chi connectivity index (χ1) is 13.6. The molecule has 0 saturated heterocycles. The van der Waals surface area contributed by atoms with Gasteiger partial charge in [0.25, 0.3) is 0 Å². The Hall–Kier alpha value is -2.90. The van der Waals surface area contributed by atoms with Gasteiger partial charge in [0.15, 0.2) is 0 Å². The van der Waals surface area contributed by atoms with Crippen molar-refractivity contribution in [3.05, 3.63) is 108 Å². The molecule has 0 spiro atoms. The van der Waals surface area contributed by atoms with E-state index in [1.54, 1.807) is 11.3 Å². The van der Waals surface area contributed by atoms with E-state index in [2.05, 4.69) is 48.5 Å². The van der Waals surface area contributed by atoms with Crippen LogP contribution >= 0.6 is 11.3 Å². The SMILES string of the molecule is [2H]C([2H])(c1ccccc1)c1cccc(-c2cccc3c2sc2ccccc23)c1. The number of thiophene rings is 1. The van der Waals surface area contributed by atoms with Crippen molar-refractivity contribution in [2.75, 3.05) is 0 Å². The molecule has 5 aromatic rings. The molecule has 124 valence electrons. The van der Waals surface area contributed by atoms with E-state index >= 15 is 0 Å². The molecule has 0 saturated carbocycles. The van der Waals surface area contributed by atoms with Crippen LogP contribution in [0.1, 0.15) is 13.9 Å². The fourth-order valence-electron chi connectivity index (χ4n) is 3.43. The molecule has 0 aliphatic heterocycles. The Morgan fingerprint density at radius 3 is 2.31 bits per heavy atom. The third-order valence-electron chi connectivity index (χ3n) is 4.64. The van der Waals surface area contributed by atoms with Crippen LogP contribution in [-0.2, 0) is 6.37 Å². The molecule has 0 aliphatic rings. The summed E-state index contributed by atoms with van der Waals surface area (Å²) in [6.45, 7) is 0. The first-order valence-corrected chi connectivity index (χ1v) is 9.53. The van der Waals surface area contributed by atoms with E-state index in [0.29, 0.717) is 11.1 Å². The van der Waals surface area contributed by atoms with Gasteiger partial charge in [0.05, 0.1) is 0 Å². The summed E-state index contributed by atoms with van der Waals surface area (Å²) < 4.78 is 19.9.